The van der Waals surface area contributed by atoms with Crippen molar-refractivity contribution in [3.8, 4) is 0 Å². The number of carbonyl (C=O) groups excluding carboxylic acids is 2. The number of allylic oxidation sites excluding steroid dienone is 5. The molecule has 0 saturated heterocycles. The Bertz CT molecular complexity index is 1020. The van der Waals surface area contributed by atoms with E-state index >= 15 is 0 Å². The second-order valence-corrected chi connectivity index (χ2v) is 9.74. The number of ether oxygens (including phenoxy) is 1. The number of hydrogen-bond acceptors (Lipinski definition) is 4. The Morgan fingerprint density at radius 2 is 1.79 bits per heavy atom. The zero-order chi connectivity index (χ0) is 24.8. The summed E-state index contributed by atoms with van der Waals surface area (Å²) in [6.07, 6.45) is 13.0. The van der Waals surface area contributed by atoms with Gasteiger partial charge in [0.05, 0.1) is 11.4 Å². The van der Waals surface area contributed by atoms with Crippen LogP contribution in [0.25, 0.3) is 17.7 Å². The van der Waals surface area contributed by atoms with Crippen LogP contribution >= 0.6 is 0 Å². The molecule has 178 valence electrons. The molecular weight excluding hydrogens is 410 g/mol. The molecule has 1 unspecified atom stereocenters. The topological polar surface area (TPSA) is 56.3 Å². The van der Waals surface area contributed by atoms with Gasteiger partial charge in [0.2, 0.25) is 0 Å². The van der Waals surface area contributed by atoms with E-state index in [1.165, 1.54) is 12.5 Å². The number of carbonyl (C=O) groups is 2. The molecule has 0 bridgehead atoms. The van der Waals surface area contributed by atoms with E-state index in [-0.39, 0.29) is 30.2 Å². The van der Waals surface area contributed by atoms with Crippen LogP contribution in [0.3, 0.4) is 0 Å². The molecule has 4 nitrogen and oxygen atoms in total. The molecule has 0 aromatic carbocycles. The van der Waals surface area contributed by atoms with Gasteiger partial charge >= 0.3 is 5.97 Å². The Morgan fingerprint density at radius 3 is 2.39 bits per heavy atom. The zero-order valence-electron chi connectivity index (χ0n) is 21.5. The van der Waals surface area contributed by atoms with Gasteiger partial charge in [-0.3, -0.25) is 9.59 Å². The molecule has 4 heteroatoms. The number of aromatic nitrogens is 1. The fraction of sp³-hybridized carbons (Fsp3) is 0.483. The van der Waals surface area contributed by atoms with Crippen molar-refractivity contribution in [2.45, 2.75) is 74.7 Å². The average molecular weight is 450 g/mol. The summed E-state index contributed by atoms with van der Waals surface area (Å²) in [5.41, 5.74) is 6.55. The first kappa shape index (κ1) is 26.5. The van der Waals surface area contributed by atoms with Crippen molar-refractivity contribution in [3.05, 3.63) is 58.0 Å². The number of ketones is 1. The summed E-state index contributed by atoms with van der Waals surface area (Å²) in [6.45, 7) is 16.0. The highest BCUT2D eigenvalue weighted by Crippen LogP contribution is 2.31. The van der Waals surface area contributed by atoms with Gasteiger partial charge in [-0.1, -0.05) is 65.3 Å². The molecule has 1 aromatic heterocycles. The van der Waals surface area contributed by atoms with Crippen molar-refractivity contribution in [1.29, 1.82) is 0 Å². The van der Waals surface area contributed by atoms with E-state index in [4.69, 9.17) is 9.72 Å². The molecule has 0 fully saturated rings. The number of Topliss-reactive ketones (excluding diaryl/α,β-unsaturated/α-hetero) is 1. The smallest absolute Gasteiger partial charge is 0.305 e. The van der Waals surface area contributed by atoms with Crippen molar-refractivity contribution < 1.29 is 14.3 Å². The van der Waals surface area contributed by atoms with Gasteiger partial charge < -0.3 is 4.74 Å². The molecule has 0 amide bonds. The highest BCUT2D eigenvalue weighted by molar-refractivity contribution is 5.95. The van der Waals surface area contributed by atoms with Crippen LogP contribution in [0.15, 0.2) is 35.4 Å². The predicted octanol–water partition coefficient (Wildman–Crippen LogP) is 7.00. The predicted molar refractivity (Wildman–Crippen MR) is 138 cm³/mol. The van der Waals surface area contributed by atoms with Crippen LogP contribution in [-0.2, 0) is 20.7 Å². The maximum absolute atomic E-state index is 12.2. The Hall–Kier alpha value is -2.75. The summed E-state index contributed by atoms with van der Waals surface area (Å²) >= 11 is 0. The molecule has 0 spiro atoms. The third kappa shape index (κ3) is 7.38. The Morgan fingerprint density at radius 1 is 1.12 bits per heavy atom. The van der Waals surface area contributed by atoms with E-state index in [1.807, 2.05) is 19.9 Å². The minimum absolute atomic E-state index is 0.00240. The van der Waals surface area contributed by atoms with Crippen LogP contribution in [0.1, 0.15) is 90.7 Å². The average Bonchev–Trinajstić information content (AvgIpc) is 2.90. The quantitative estimate of drug-likeness (QED) is 0.231. The molecule has 0 N–H and O–H groups in total. The van der Waals surface area contributed by atoms with Crippen molar-refractivity contribution in [2.24, 2.45) is 11.3 Å². The third-order valence-corrected chi connectivity index (χ3v) is 6.16. The number of fused-ring (bicyclic) bond motifs is 1. The molecule has 2 rings (SSSR count). The SMILES string of the molecule is CCC(=O)OC/C(C(C)=O)=C(C)/C=C(\C)c1nc2c(cc1CC(C)CC)C=CC(C)(C)C=C2. The minimum Gasteiger partial charge on any atom is -0.461 e. The molecule has 0 saturated carbocycles. The molecule has 1 aliphatic carbocycles. The monoisotopic (exact) mass is 449 g/mol. The first-order chi connectivity index (χ1) is 15.5. The van der Waals surface area contributed by atoms with Crippen molar-refractivity contribution in [3.63, 3.8) is 0 Å². The van der Waals surface area contributed by atoms with Crippen molar-refractivity contribution in [1.82, 2.24) is 4.98 Å². The molecule has 0 aliphatic heterocycles. The lowest BCUT2D eigenvalue weighted by Gasteiger charge is -2.16. The van der Waals surface area contributed by atoms with Crippen LogP contribution in [0.2, 0.25) is 0 Å². The minimum atomic E-state index is -0.312. The first-order valence-corrected chi connectivity index (χ1v) is 11.9. The van der Waals surface area contributed by atoms with Gasteiger partial charge in [-0.15, -0.1) is 0 Å². The fourth-order valence-electron chi connectivity index (χ4n) is 3.75. The molecule has 33 heavy (non-hydrogen) atoms. The molecule has 1 aromatic rings. The Labute approximate surface area is 199 Å². The Balaban J connectivity index is 2.57. The zero-order valence-corrected chi connectivity index (χ0v) is 21.5. The fourth-order valence-corrected chi connectivity index (χ4v) is 3.75. The van der Waals surface area contributed by atoms with Gasteiger partial charge in [0.15, 0.2) is 5.78 Å². The van der Waals surface area contributed by atoms with Crippen molar-refractivity contribution in [2.75, 3.05) is 6.61 Å². The van der Waals surface area contributed by atoms with Crippen LogP contribution < -0.4 is 0 Å². The largest absolute Gasteiger partial charge is 0.461 e. The van der Waals surface area contributed by atoms with E-state index in [9.17, 15) is 9.59 Å². The van der Waals surface area contributed by atoms with E-state index < -0.39 is 0 Å². The molecule has 1 aliphatic rings. The third-order valence-electron chi connectivity index (χ3n) is 6.16. The number of pyridine rings is 1. The van der Waals surface area contributed by atoms with Gasteiger partial charge in [0, 0.05) is 23.0 Å². The maximum atomic E-state index is 12.2. The molecule has 1 heterocycles. The molecular formula is C29H39NO3. The van der Waals surface area contributed by atoms with Gasteiger partial charge in [0.1, 0.15) is 6.61 Å². The second-order valence-electron chi connectivity index (χ2n) is 9.74. The van der Waals surface area contributed by atoms with Crippen LogP contribution in [-0.4, -0.2) is 23.3 Å². The lowest BCUT2D eigenvalue weighted by molar-refractivity contribution is -0.142. The van der Waals surface area contributed by atoms with E-state index in [1.54, 1.807) is 6.92 Å². The highest BCUT2D eigenvalue weighted by Gasteiger charge is 2.18. The highest BCUT2D eigenvalue weighted by atomic mass is 16.5. The van der Waals surface area contributed by atoms with Crippen LogP contribution in [0.4, 0.5) is 0 Å². The van der Waals surface area contributed by atoms with E-state index in [2.05, 4.69) is 58.1 Å². The lowest BCUT2D eigenvalue weighted by atomic mass is 9.92. The Kier molecular flexibility index (Phi) is 9.16. The van der Waals surface area contributed by atoms with Gasteiger partial charge in [0.25, 0.3) is 0 Å². The number of rotatable bonds is 9. The van der Waals surface area contributed by atoms with Crippen LogP contribution in [0.5, 0.6) is 0 Å². The van der Waals surface area contributed by atoms with E-state index in [0.717, 1.165) is 40.9 Å². The summed E-state index contributed by atoms with van der Waals surface area (Å²) in [7, 11) is 0. The van der Waals surface area contributed by atoms with Gasteiger partial charge in [-0.25, -0.2) is 4.98 Å². The van der Waals surface area contributed by atoms with Crippen LogP contribution in [0, 0.1) is 11.3 Å². The second kappa shape index (κ2) is 11.4. The maximum Gasteiger partial charge on any atom is 0.305 e. The number of nitrogens with zero attached hydrogens (tertiary/aromatic N) is 1. The van der Waals surface area contributed by atoms with Crippen molar-refractivity contribution >= 4 is 29.5 Å². The first-order valence-electron chi connectivity index (χ1n) is 11.9. The summed E-state index contributed by atoms with van der Waals surface area (Å²) < 4.78 is 5.24. The van der Waals surface area contributed by atoms with E-state index in [0.29, 0.717) is 11.5 Å². The summed E-state index contributed by atoms with van der Waals surface area (Å²) in [4.78, 5) is 28.9. The summed E-state index contributed by atoms with van der Waals surface area (Å²) in [5, 5.41) is 0. The standard InChI is InChI=1S/C29H39NO3/c1-9-19(3)15-24-17-23-11-13-29(7,8)14-12-26(23)30-28(24)21(5)16-20(4)25(22(6)31)18-33-27(32)10-2/h11-14,16-17,19H,9-10,15,18H2,1-8H3/b21-16+,25-20-. The van der Waals surface area contributed by atoms with Gasteiger partial charge in [-0.2, -0.15) is 0 Å². The number of esters is 1. The summed E-state index contributed by atoms with van der Waals surface area (Å²) in [5.74, 6) is 0.134. The molecule has 1 atom stereocenters. The van der Waals surface area contributed by atoms with Gasteiger partial charge in [-0.05, 0) is 62.0 Å². The summed E-state index contributed by atoms with van der Waals surface area (Å²) in [6, 6.07) is 2.26. The normalized spacial score (nSPS) is 16.5. The molecule has 0 radical (unpaired) electrons. The number of hydrogen-bond donors (Lipinski definition) is 0. The lowest BCUT2D eigenvalue weighted by Crippen LogP contribution is -2.12.